The minimum Gasteiger partial charge on any atom is -0.480 e. The fourth-order valence-electron chi connectivity index (χ4n) is 2.32. The lowest BCUT2D eigenvalue weighted by atomic mass is 9.96. The van der Waals surface area contributed by atoms with Crippen molar-refractivity contribution in [1.82, 2.24) is 4.90 Å². The van der Waals surface area contributed by atoms with Crippen LogP contribution in [-0.4, -0.2) is 28.1 Å². The molecule has 1 N–H and O–H groups in total. The van der Waals surface area contributed by atoms with Crippen LogP contribution >= 0.6 is 0 Å². The molecule has 0 aliphatic heterocycles. The molecular weight excluding hydrogens is 226 g/mol. The second kappa shape index (κ2) is 5.53. The van der Waals surface area contributed by atoms with Crippen molar-refractivity contribution in [3.63, 3.8) is 0 Å². The zero-order valence-electron chi connectivity index (χ0n) is 11.9. The average Bonchev–Trinajstić information content (AvgIpc) is 2.24. The van der Waals surface area contributed by atoms with Crippen molar-refractivity contribution in [3.05, 3.63) is 35.4 Å². The summed E-state index contributed by atoms with van der Waals surface area (Å²) in [4.78, 5) is 13.0. The normalized spacial score (nSPS) is 13.7. The van der Waals surface area contributed by atoms with E-state index in [1.165, 1.54) is 11.1 Å². The monoisotopic (exact) mass is 249 g/mol. The van der Waals surface area contributed by atoms with Gasteiger partial charge in [-0.25, -0.2) is 0 Å². The van der Waals surface area contributed by atoms with Gasteiger partial charge in [-0.15, -0.1) is 0 Å². The molecule has 0 saturated carbocycles. The van der Waals surface area contributed by atoms with Crippen LogP contribution in [0.2, 0.25) is 0 Å². The highest BCUT2D eigenvalue weighted by atomic mass is 16.4. The molecule has 3 heteroatoms. The van der Waals surface area contributed by atoms with Gasteiger partial charge in [0.1, 0.15) is 0 Å². The molecule has 1 unspecified atom stereocenters. The zero-order chi connectivity index (χ0) is 13.9. The Labute approximate surface area is 109 Å². The van der Waals surface area contributed by atoms with Crippen LogP contribution in [-0.2, 0) is 4.79 Å². The third-order valence-corrected chi connectivity index (χ3v) is 3.27. The van der Waals surface area contributed by atoms with Gasteiger partial charge in [-0.1, -0.05) is 24.3 Å². The molecule has 0 aliphatic rings. The van der Waals surface area contributed by atoms with Gasteiger partial charge in [0.15, 0.2) is 0 Å². The minimum absolute atomic E-state index is 0.0546. The maximum atomic E-state index is 11.0. The second-order valence-corrected chi connectivity index (χ2v) is 5.73. The summed E-state index contributed by atoms with van der Waals surface area (Å²) in [6, 6.07) is 8.22. The summed E-state index contributed by atoms with van der Waals surface area (Å²) in [5, 5.41) is 9.07. The minimum atomic E-state index is -0.787. The molecule has 0 fully saturated rings. The van der Waals surface area contributed by atoms with E-state index in [4.69, 9.17) is 5.11 Å². The van der Waals surface area contributed by atoms with Crippen LogP contribution in [0.5, 0.6) is 0 Å². The molecule has 0 amide bonds. The van der Waals surface area contributed by atoms with Crippen LogP contribution in [0.3, 0.4) is 0 Å². The molecule has 0 radical (unpaired) electrons. The van der Waals surface area contributed by atoms with Crippen molar-refractivity contribution in [3.8, 4) is 0 Å². The quantitative estimate of drug-likeness (QED) is 0.890. The van der Waals surface area contributed by atoms with Crippen LogP contribution in [0, 0.1) is 6.92 Å². The van der Waals surface area contributed by atoms with Crippen LogP contribution < -0.4 is 0 Å². The third kappa shape index (κ3) is 3.57. The van der Waals surface area contributed by atoms with Gasteiger partial charge in [-0.3, -0.25) is 9.69 Å². The first-order valence-corrected chi connectivity index (χ1v) is 6.27. The third-order valence-electron chi connectivity index (χ3n) is 3.27. The Morgan fingerprint density at radius 3 is 2.33 bits per heavy atom. The summed E-state index contributed by atoms with van der Waals surface area (Å²) in [5.74, 6) is -0.787. The number of aliphatic carboxylic acids is 1. The van der Waals surface area contributed by atoms with Gasteiger partial charge in [0.05, 0.1) is 6.54 Å². The van der Waals surface area contributed by atoms with E-state index in [2.05, 4.69) is 26.0 Å². The Morgan fingerprint density at radius 1 is 1.33 bits per heavy atom. The summed E-state index contributed by atoms with van der Waals surface area (Å²) in [5.41, 5.74) is 2.21. The molecule has 3 nitrogen and oxygen atoms in total. The topological polar surface area (TPSA) is 40.5 Å². The highest BCUT2D eigenvalue weighted by molar-refractivity contribution is 5.69. The lowest BCUT2D eigenvalue weighted by molar-refractivity contribution is -0.140. The number of benzene rings is 1. The van der Waals surface area contributed by atoms with Gasteiger partial charge < -0.3 is 5.11 Å². The largest absolute Gasteiger partial charge is 0.480 e. The van der Waals surface area contributed by atoms with E-state index in [9.17, 15) is 4.79 Å². The van der Waals surface area contributed by atoms with Gasteiger partial charge in [0, 0.05) is 11.6 Å². The highest BCUT2D eigenvalue weighted by Crippen LogP contribution is 2.29. The molecule has 1 aromatic carbocycles. The van der Waals surface area contributed by atoms with Gasteiger partial charge in [0.2, 0.25) is 0 Å². The fraction of sp³-hybridized carbons (Fsp3) is 0.533. The molecule has 0 aromatic heterocycles. The number of hydrogen-bond donors (Lipinski definition) is 1. The molecule has 1 rings (SSSR count). The lowest BCUT2D eigenvalue weighted by Gasteiger charge is -2.39. The Morgan fingerprint density at radius 2 is 1.89 bits per heavy atom. The average molecular weight is 249 g/mol. The predicted octanol–water partition coefficient (Wildman–Crippen LogP) is 3.24. The number of carboxylic acid groups (broad SMARTS) is 1. The van der Waals surface area contributed by atoms with E-state index in [1.807, 2.05) is 37.8 Å². The Kier molecular flexibility index (Phi) is 4.52. The molecule has 0 spiro atoms. The molecule has 0 saturated heterocycles. The first kappa shape index (κ1) is 14.7. The molecular formula is C15H23NO2. The van der Waals surface area contributed by atoms with E-state index >= 15 is 0 Å². The van der Waals surface area contributed by atoms with Crippen molar-refractivity contribution in [2.75, 3.05) is 6.54 Å². The van der Waals surface area contributed by atoms with Crippen LogP contribution in [0.15, 0.2) is 24.3 Å². The maximum absolute atomic E-state index is 11.0. The standard InChI is InChI=1S/C15H23NO2/c1-11-8-6-7-9-13(11)12(2)16(10-14(17)18)15(3,4)5/h6-9,12H,10H2,1-5H3,(H,17,18). The molecule has 18 heavy (non-hydrogen) atoms. The Hall–Kier alpha value is -1.35. The number of aryl methyl sites for hydroxylation is 1. The van der Waals surface area contributed by atoms with E-state index < -0.39 is 5.97 Å². The van der Waals surface area contributed by atoms with Gasteiger partial charge >= 0.3 is 5.97 Å². The smallest absolute Gasteiger partial charge is 0.317 e. The summed E-state index contributed by atoms with van der Waals surface area (Å²) in [6.07, 6.45) is 0. The Bertz CT molecular complexity index is 421. The number of nitrogens with zero attached hydrogens (tertiary/aromatic N) is 1. The SMILES string of the molecule is Cc1ccccc1C(C)N(CC(=O)O)C(C)(C)C. The van der Waals surface area contributed by atoms with E-state index in [-0.39, 0.29) is 18.1 Å². The van der Waals surface area contributed by atoms with Crippen molar-refractivity contribution in [2.24, 2.45) is 0 Å². The maximum Gasteiger partial charge on any atom is 0.317 e. The molecule has 1 aromatic rings. The van der Waals surface area contributed by atoms with E-state index in [0.29, 0.717) is 0 Å². The molecule has 1 atom stereocenters. The van der Waals surface area contributed by atoms with Crippen molar-refractivity contribution < 1.29 is 9.90 Å². The summed E-state index contributed by atoms with van der Waals surface area (Å²) in [7, 11) is 0. The first-order chi connectivity index (χ1) is 8.23. The number of carbonyl (C=O) groups is 1. The Balaban J connectivity index is 3.07. The van der Waals surface area contributed by atoms with E-state index in [0.717, 1.165) is 0 Å². The molecule has 0 aliphatic carbocycles. The van der Waals surface area contributed by atoms with Crippen LogP contribution in [0.25, 0.3) is 0 Å². The van der Waals surface area contributed by atoms with Crippen molar-refractivity contribution in [2.45, 2.75) is 46.2 Å². The number of carboxylic acids is 1. The zero-order valence-corrected chi connectivity index (χ0v) is 11.9. The van der Waals surface area contributed by atoms with Crippen molar-refractivity contribution >= 4 is 5.97 Å². The second-order valence-electron chi connectivity index (χ2n) is 5.73. The fourth-order valence-corrected chi connectivity index (χ4v) is 2.32. The van der Waals surface area contributed by atoms with E-state index in [1.54, 1.807) is 0 Å². The van der Waals surface area contributed by atoms with Gasteiger partial charge in [-0.2, -0.15) is 0 Å². The van der Waals surface area contributed by atoms with Crippen LogP contribution in [0.1, 0.15) is 44.9 Å². The molecule has 0 heterocycles. The van der Waals surface area contributed by atoms with Crippen LogP contribution in [0.4, 0.5) is 0 Å². The molecule has 100 valence electrons. The van der Waals surface area contributed by atoms with Gasteiger partial charge in [0.25, 0.3) is 0 Å². The predicted molar refractivity (Wildman–Crippen MR) is 73.7 cm³/mol. The first-order valence-electron chi connectivity index (χ1n) is 6.27. The molecule has 0 bridgehead atoms. The lowest BCUT2D eigenvalue weighted by Crippen LogP contribution is -2.45. The van der Waals surface area contributed by atoms with Gasteiger partial charge in [-0.05, 0) is 45.7 Å². The highest BCUT2D eigenvalue weighted by Gasteiger charge is 2.29. The number of hydrogen-bond acceptors (Lipinski definition) is 2. The summed E-state index contributed by atoms with van der Waals surface area (Å²) in [6.45, 7) is 10.3. The summed E-state index contributed by atoms with van der Waals surface area (Å²) < 4.78 is 0. The summed E-state index contributed by atoms with van der Waals surface area (Å²) >= 11 is 0. The van der Waals surface area contributed by atoms with Crippen molar-refractivity contribution in [1.29, 1.82) is 0 Å². The number of rotatable bonds is 4.